The van der Waals surface area contributed by atoms with E-state index in [-0.39, 0.29) is 22.5 Å². The van der Waals surface area contributed by atoms with Crippen molar-refractivity contribution in [3.63, 3.8) is 0 Å². The molecule has 0 unspecified atom stereocenters. The van der Waals surface area contributed by atoms with E-state index in [1.165, 1.54) is 41.1 Å². The number of hydrogen-bond donors (Lipinski definition) is 2. The third-order valence-electron chi connectivity index (χ3n) is 3.39. The average molecular weight is 375 g/mol. The number of aryl methyl sites for hydroxylation is 1. The monoisotopic (exact) mass is 375 g/mol. The van der Waals surface area contributed by atoms with Crippen molar-refractivity contribution < 1.29 is 13.3 Å². The molecule has 26 heavy (non-hydrogen) atoms. The van der Waals surface area contributed by atoms with Crippen LogP contribution in [0.3, 0.4) is 0 Å². The van der Waals surface area contributed by atoms with Crippen LogP contribution in [0.5, 0.6) is 0 Å². The van der Waals surface area contributed by atoms with Gasteiger partial charge in [-0.05, 0) is 29.2 Å². The summed E-state index contributed by atoms with van der Waals surface area (Å²) < 4.78 is 28.2. The van der Waals surface area contributed by atoms with Gasteiger partial charge < -0.3 is 15.8 Å². The number of hydrogen-bond acceptors (Lipinski definition) is 8. The maximum atomic E-state index is 12.4. The minimum Gasteiger partial charge on any atom is -0.399 e. The normalized spacial score (nSPS) is 11.3. The van der Waals surface area contributed by atoms with Crippen molar-refractivity contribution in [2.75, 3.05) is 10.5 Å². The third-order valence-corrected chi connectivity index (χ3v) is 4.74. The van der Waals surface area contributed by atoms with Crippen LogP contribution in [0, 0.1) is 17.0 Å². The highest BCUT2D eigenvalue weighted by atomic mass is 32.2. The fourth-order valence-corrected chi connectivity index (χ4v) is 3.14. The van der Waals surface area contributed by atoms with Crippen LogP contribution in [0.15, 0.2) is 47.6 Å². The molecule has 3 aromatic rings. The molecule has 11 nitrogen and oxygen atoms in total. The van der Waals surface area contributed by atoms with Gasteiger partial charge in [0.25, 0.3) is 10.0 Å². The van der Waals surface area contributed by atoms with Gasteiger partial charge in [0.1, 0.15) is 6.20 Å². The van der Waals surface area contributed by atoms with Crippen molar-refractivity contribution >= 4 is 27.5 Å². The summed E-state index contributed by atoms with van der Waals surface area (Å²) in [7, 11) is -3.94. The Morgan fingerprint density at radius 3 is 2.54 bits per heavy atom. The van der Waals surface area contributed by atoms with E-state index in [1.54, 1.807) is 6.92 Å². The molecule has 0 aliphatic heterocycles. The molecule has 0 fully saturated rings. The lowest BCUT2D eigenvalue weighted by Crippen LogP contribution is -2.16. The Labute approximate surface area is 147 Å². The molecule has 0 atom stereocenters. The number of aromatic nitrogens is 4. The number of benzene rings is 1. The highest BCUT2D eigenvalue weighted by Crippen LogP contribution is 2.20. The maximum Gasteiger partial charge on any atom is 0.349 e. The van der Waals surface area contributed by atoms with Crippen LogP contribution >= 0.6 is 0 Å². The van der Waals surface area contributed by atoms with Gasteiger partial charge in [-0.15, -0.1) is 0 Å². The molecule has 0 radical (unpaired) electrons. The Morgan fingerprint density at radius 2 is 1.88 bits per heavy atom. The van der Waals surface area contributed by atoms with Gasteiger partial charge in [-0.25, -0.2) is 23.1 Å². The van der Waals surface area contributed by atoms with Crippen molar-refractivity contribution in [3.05, 3.63) is 58.7 Å². The molecule has 0 saturated heterocycles. The van der Waals surface area contributed by atoms with Crippen molar-refractivity contribution in [3.8, 4) is 5.82 Å². The van der Waals surface area contributed by atoms with E-state index in [1.807, 2.05) is 0 Å². The molecular formula is C14H13N7O4S. The van der Waals surface area contributed by atoms with Crippen LogP contribution < -0.4 is 10.5 Å². The Morgan fingerprint density at radius 1 is 1.19 bits per heavy atom. The van der Waals surface area contributed by atoms with E-state index in [4.69, 9.17) is 5.73 Å². The highest BCUT2D eigenvalue weighted by molar-refractivity contribution is 7.92. The van der Waals surface area contributed by atoms with Gasteiger partial charge in [0.2, 0.25) is 11.8 Å². The number of nitrogens with zero attached hydrogens (tertiary/aromatic N) is 5. The summed E-state index contributed by atoms with van der Waals surface area (Å²) in [4.78, 5) is 22.3. The summed E-state index contributed by atoms with van der Waals surface area (Å²) in [6.45, 7) is 1.56. The lowest BCUT2D eigenvalue weighted by Gasteiger charge is -2.08. The van der Waals surface area contributed by atoms with Crippen LogP contribution in [0.2, 0.25) is 0 Å². The molecule has 134 valence electrons. The predicted molar refractivity (Wildman–Crippen MR) is 92.2 cm³/mol. The topological polar surface area (TPSA) is 159 Å². The Bertz CT molecular complexity index is 1080. The first kappa shape index (κ1) is 17.3. The van der Waals surface area contributed by atoms with Crippen LogP contribution in [0.1, 0.15) is 5.82 Å². The summed E-state index contributed by atoms with van der Waals surface area (Å²) in [6, 6.07) is 6.98. The van der Waals surface area contributed by atoms with Crippen LogP contribution in [0.4, 0.5) is 17.5 Å². The number of nitrogen functional groups attached to an aromatic ring is 1. The SMILES string of the molecule is Cc1ncc([N+](=O)[O-])n1-c1ccnc(NS(=O)(=O)c2ccc(N)cc2)n1. The van der Waals surface area contributed by atoms with E-state index in [0.29, 0.717) is 11.5 Å². The maximum absolute atomic E-state index is 12.4. The summed E-state index contributed by atoms with van der Waals surface area (Å²) in [5.74, 6) is -0.102. The smallest absolute Gasteiger partial charge is 0.349 e. The number of rotatable bonds is 5. The van der Waals surface area contributed by atoms with Crippen LogP contribution in [-0.4, -0.2) is 32.9 Å². The molecular weight excluding hydrogens is 362 g/mol. The molecule has 0 saturated carbocycles. The molecule has 3 rings (SSSR count). The van der Waals surface area contributed by atoms with E-state index < -0.39 is 14.9 Å². The van der Waals surface area contributed by atoms with Gasteiger partial charge in [-0.2, -0.15) is 9.55 Å². The molecule has 12 heteroatoms. The first-order valence-electron chi connectivity index (χ1n) is 7.18. The van der Waals surface area contributed by atoms with Gasteiger partial charge in [0.05, 0.1) is 4.90 Å². The van der Waals surface area contributed by atoms with Crippen molar-refractivity contribution in [1.29, 1.82) is 0 Å². The Hall–Kier alpha value is -3.54. The second kappa shape index (κ2) is 6.40. The van der Waals surface area contributed by atoms with Gasteiger partial charge >= 0.3 is 5.82 Å². The van der Waals surface area contributed by atoms with Gasteiger partial charge in [0.15, 0.2) is 5.82 Å². The molecule has 1 aromatic carbocycles. The minimum absolute atomic E-state index is 0.0227. The summed E-state index contributed by atoms with van der Waals surface area (Å²) in [5, 5.41) is 11.1. The summed E-state index contributed by atoms with van der Waals surface area (Å²) >= 11 is 0. The highest BCUT2D eigenvalue weighted by Gasteiger charge is 2.22. The Kier molecular flexibility index (Phi) is 4.26. The second-order valence-corrected chi connectivity index (χ2v) is 6.85. The molecule has 0 amide bonds. The van der Waals surface area contributed by atoms with Crippen molar-refractivity contribution in [2.24, 2.45) is 0 Å². The first-order valence-corrected chi connectivity index (χ1v) is 8.67. The number of nitro groups is 1. The molecule has 0 spiro atoms. The number of imidazole rings is 1. The zero-order valence-corrected chi connectivity index (χ0v) is 14.2. The second-order valence-electron chi connectivity index (χ2n) is 5.17. The molecule has 0 aliphatic carbocycles. The minimum atomic E-state index is -3.94. The molecule has 2 heterocycles. The fraction of sp³-hybridized carbons (Fsp3) is 0.0714. The molecule has 3 N–H and O–H groups in total. The molecule has 0 bridgehead atoms. The lowest BCUT2D eigenvalue weighted by atomic mass is 10.3. The first-order chi connectivity index (χ1) is 12.3. The van der Waals surface area contributed by atoms with Crippen molar-refractivity contribution in [1.82, 2.24) is 19.5 Å². The predicted octanol–water partition coefficient (Wildman–Crippen LogP) is 1.26. The largest absolute Gasteiger partial charge is 0.399 e. The van der Waals surface area contributed by atoms with Crippen LogP contribution in [0.25, 0.3) is 5.82 Å². The van der Waals surface area contributed by atoms with E-state index in [2.05, 4.69) is 19.7 Å². The van der Waals surface area contributed by atoms with E-state index >= 15 is 0 Å². The molecule has 0 aliphatic rings. The fourth-order valence-electron chi connectivity index (χ4n) is 2.19. The van der Waals surface area contributed by atoms with Crippen molar-refractivity contribution in [2.45, 2.75) is 11.8 Å². The third kappa shape index (κ3) is 3.30. The number of nitrogens with two attached hydrogens (primary N) is 1. The zero-order chi connectivity index (χ0) is 18.9. The van der Waals surface area contributed by atoms with E-state index in [0.717, 1.165) is 6.20 Å². The van der Waals surface area contributed by atoms with Crippen LogP contribution in [-0.2, 0) is 10.0 Å². The zero-order valence-electron chi connectivity index (χ0n) is 13.4. The standard InChI is InChI=1S/C14H13N7O4S/c1-9-17-8-13(21(22)23)20(9)12-6-7-16-14(18-12)19-26(24,25)11-4-2-10(15)3-5-11/h2-8H,15H2,1H3,(H,16,18,19). The summed E-state index contributed by atoms with van der Waals surface area (Å²) in [6.07, 6.45) is 2.38. The lowest BCUT2D eigenvalue weighted by molar-refractivity contribution is -0.391. The molecule has 2 aromatic heterocycles. The van der Waals surface area contributed by atoms with E-state index in [9.17, 15) is 18.5 Å². The quantitative estimate of drug-likeness (QED) is 0.383. The number of anilines is 2. The summed E-state index contributed by atoms with van der Waals surface area (Å²) in [5.41, 5.74) is 5.97. The van der Waals surface area contributed by atoms with Gasteiger partial charge in [-0.3, -0.25) is 0 Å². The number of nitrogens with one attached hydrogen (secondary N) is 1. The number of sulfonamides is 1. The van der Waals surface area contributed by atoms with Gasteiger partial charge in [-0.1, -0.05) is 0 Å². The Balaban J connectivity index is 1.97. The average Bonchev–Trinajstić information content (AvgIpc) is 2.97. The van der Waals surface area contributed by atoms with Gasteiger partial charge in [0, 0.05) is 24.9 Å².